The predicted octanol–water partition coefficient (Wildman–Crippen LogP) is 4.91. The van der Waals surface area contributed by atoms with Crippen molar-refractivity contribution in [1.29, 1.82) is 0 Å². The molecule has 1 unspecified atom stereocenters. The summed E-state index contributed by atoms with van der Waals surface area (Å²) in [5, 5.41) is 14.8. The predicted molar refractivity (Wildman–Crippen MR) is 129 cm³/mol. The van der Waals surface area contributed by atoms with Crippen LogP contribution in [0.2, 0.25) is 5.15 Å². The highest BCUT2D eigenvalue weighted by Crippen LogP contribution is 2.28. The minimum absolute atomic E-state index is 0.0452. The van der Waals surface area contributed by atoms with Gasteiger partial charge in [0.05, 0.1) is 12.2 Å². The number of aromatic nitrogens is 7. The van der Waals surface area contributed by atoms with E-state index in [1.165, 1.54) is 0 Å². The lowest BCUT2D eigenvalue weighted by atomic mass is 10.0. The van der Waals surface area contributed by atoms with Crippen molar-refractivity contribution in [1.82, 2.24) is 34.7 Å². The Morgan fingerprint density at radius 1 is 1.15 bits per heavy atom. The van der Waals surface area contributed by atoms with E-state index in [0.29, 0.717) is 23.2 Å². The van der Waals surface area contributed by atoms with Crippen LogP contribution in [0.1, 0.15) is 57.3 Å². The van der Waals surface area contributed by atoms with Gasteiger partial charge >= 0.3 is 5.69 Å². The molecule has 4 rings (SSSR count). The Balaban J connectivity index is 1.67. The first-order chi connectivity index (χ1) is 16.0. The number of H-pyrrole nitrogens is 1. The number of nitrogens with zero attached hydrogens (tertiary/aromatic N) is 6. The number of nitrogens with one attached hydrogen (secondary N) is 1. The zero-order chi connectivity index (χ0) is 23.4. The number of imidazole rings is 1. The van der Waals surface area contributed by atoms with Gasteiger partial charge in [0.2, 0.25) is 5.82 Å². The Hall–Kier alpha value is -3.26. The maximum absolute atomic E-state index is 13.3. The van der Waals surface area contributed by atoms with Gasteiger partial charge in [0, 0.05) is 17.8 Å². The summed E-state index contributed by atoms with van der Waals surface area (Å²) in [5.74, 6) is 0.447. The van der Waals surface area contributed by atoms with Gasteiger partial charge in [-0.3, -0.25) is 14.1 Å². The normalized spacial score (nSPS) is 12.2. The molecule has 1 N–H and O–H groups in total. The second kappa shape index (κ2) is 10.1. The lowest BCUT2D eigenvalue weighted by Gasteiger charge is -2.10. The van der Waals surface area contributed by atoms with Gasteiger partial charge in [-0.1, -0.05) is 62.2 Å². The van der Waals surface area contributed by atoms with E-state index in [-0.39, 0.29) is 11.7 Å². The molecule has 1 aromatic carbocycles. The van der Waals surface area contributed by atoms with Crippen LogP contribution in [-0.2, 0) is 13.0 Å². The molecule has 0 saturated carbocycles. The molecule has 8 nitrogen and oxygen atoms in total. The number of halogens is 1. The molecular weight excluding hydrogens is 438 g/mol. The van der Waals surface area contributed by atoms with E-state index in [0.717, 1.165) is 48.1 Å². The lowest BCUT2D eigenvalue weighted by Crippen LogP contribution is -2.27. The Bertz CT molecular complexity index is 1260. The molecule has 4 aromatic rings. The van der Waals surface area contributed by atoms with Crippen molar-refractivity contribution in [2.24, 2.45) is 0 Å². The summed E-state index contributed by atoms with van der Waals surface area (Å²) in [5.41, 5.74) is 4.46. The van der Waals surface area contributed by atoms with Crippen molar-refractivity contribution in [2.45, 2.75) is 59.0 Å². The van der Waals surface area contributed by atoms with Crippen molar-refractivity contribution >= 4 is 11.6 Å². The summed E-state index contributed by atoms with van der Waals surface area (Å²) >= 11 is 6.70. The second-order valence-corrected chi connectivity index (χ2v) is 8.53. The zero-order valence-corrected chi connectivity index (χ0v) is 19.9. The molecule has 3 aromatic heterocycles. The fourth-order valence-electron chi connectivity index (χ4n) is 3.94. The highest BCUT2D eigenvalue weighted by atomic mass is 35.5. The van der Waals surface area contributed by atoms with Gasteiger partial charge in [-0.05, 0) is 48.6 Å². The maximum atomic E-state index is 13.3. The number of aromatic amines is 1. The average Bonchev–Trinajstić information content (AvgIpc) is 3.45. The molecule has 0 radical (unpaired) electrons. The van der Waals surface area contributed by atoms with Crippen LogP contribution in [0.3, 0.4) is 0 Å². The molecule has 3 heterocycles. The summed E-state index contributed by atoms with van der Waals surface area (Å²) in [7, 11) is 0. The van der Waals surface area contributed by atoms with E-state index in [4.69, 9.17) is 11.6 Å². The summed E-state index contributed by atoms with van der Waals surface area (Å²) in [6.45, 7) is 6.72. The van der Waals surface area contributed by atoms with Gasteiger partial charge in [0.1, 0.15) is 10.8 Å². The molecule has 9 heteroatoms. The molecule has 0 fully saturated rings. The molecule has 0 aliphatic heterocycles. The SMILES string of the molecule is CCCCc1c(Cl)n(C(C)CC)c(=O)n1Cc1ccc(-c2cccnc2-c2nn[nH]n2)cc1. The van der Waals surface area contributed by atoms with Crippen LogP contribution in [0.4, 0.5) is 0 Å². The molecular formula is C24H28ClN7O. The lowest BCUT2D eigenvalue weighted by molar-refractivity contribution is 0.505. The summed E-state index contributed by atoms with van der Waals surface area (Å²) in [4.78, 5) is 17.7. The van der Waals surface area contributed by atoms with Crippen LogP contribution < -0.4 is 5.69 Å². The van der Waals surface area contributed by atoms with Crippen LogP contribution in [0.5, 0.6) is 0 Å². The standard InChI is InChI=1S/C24H28ClN7O/c1-4-6-9-20-22(25)32(16(3)5-2)24(33)31(20)15-17-10-12-18(13-11-17)19-8-7-14-26-21(19)23-27-29-30-28-23/h7-8,10-14,16H,4-6,9,15H2,1-3H3,(H,27,28,29,30). The third-order valence-electron chi connectivity index (χ3n) is 5.98. The molecule has 0 aliphatic carbocycles. The topological polar surface area (TPSA) is 94.3 Å². The maximum Gasteiger partial charge on any atom is 0.330 e. The Kier molecular flexibility index (Phi) is 7.03. The second-order valence-electron chi connectivity index (χ2n) is 8.17. The van der Waals surface area contributed by atoms with E-state index in [1.54, 1.807) is 10.8 Å². The molecule has 0 bridgehead atoms. The first kappa shape index (κ1) is 22.9. The first-order valence-electron chi connectivity index (χ1n) is 11.3. The van der Waals surface area contributed by atoms with Crippen LogP contribution in [0.25, 0.3) is 22.6 Å². The number of hydrogen-bond donors (Lipinski definition) is 1. The van der Waals surface area contributed by atoms with Crippen molar-refractivity contribution in [3.63, 3.8) is 0 Å². The van der Waals surface area contributed by atoms with E-state index in [9.17, 15) is 4.79 Å². The largest absolute Gasteiger partial charge is 0.330 e. The van der Waals surface area contributed by atoms with Crippen LogP contribution in [-0.4, -0.2) is 34.7 Å². The van der Waals surface area contributed by atoms with Crippen LogP contribution in [0.15, 0.2) is 47.4 Å². The highest BCUT2D eigenvalue weighted by Gasteiger charge is 2.21. The first-order valence-corrected chi connectivity index (χ1v) is 11.7. The molecule has 0 amide bonds. The Morgan fingerprint density at radius 2 is 1.94 bits per heavy atom. The Morgan fingerprint density at radius 3 is 2.61 bits per heavy atom. The summed E-state index contributed by atoms with van der Waals surface area (Å²) in [6.07, 6.45) is 5.37. The smallest absolute Gasteiger partial charge is 0.290 e. The zero-order valence-electron chi connectivity index (χ0n) is 19.1. The molecule has 0 spiro atoms. The van der Waals surface area contributed by atoms with Crippen molar-refractivity contribution in [3.8, 4) is 22.6 Å². The van der Waals surface area contributed by atoms with E-state index >= 15 is 0 Å². The van der Waals surface area contributed by atoms with E-state index in [1.807, 2.05) is 47.9 Å². The number of benzene rings is 1. The van der Waals surface area contributed by atoms with E-state index in [2.05, 4.69) is 39.5 Å². The molecule has 0 saturated heterocycles. The highest BCUT2D eigenvalue weighted by molar-refractivity contribution is 6.30. The minimum Gasteiger partial charge on any atom is -0.290 e. The van der Waals surface area contributed by atoms with E-state index < -0.39 is 0 Å². The van der Waals surface area contributed by atoms with Crippen molar-refractivity contribution < 1.29 is 0 Å². The van der Waals surface area contributed by atoms with Crippen LogP contribution in [0, 0.1) is 0 Å². The fourth-order valence-corrected chi connectivity index (χ4v) is 4.38. The summed E-state index contributed by atoms with van der Waals surface area (Å²) in [6, 6.07) is 12.0. The third-order valence-corrected chi connectivity index (χ3v) is 6.38. The third kappa shape index (κ3) is 4.61. The molecule has 33 heavy (non-hydrogen) atoms. The quantitative estimate of drug-likeness (QED) is 0.379. The monoisotopic (exact) mass is 465 g/mol. The molecule has 0 aliphatic rings. The van der Waals surface area contributed by atoms with Gasteiger partial charge in [-0.2, -0.15) is 5.21 Å². The van der Waals surface area contributed by atoms with Gasteiger partial charge < -0.3 is 0 Å². The number of rotatable bonds is 9. The average molecular weight is 466 g/mol. The fraction of sp³-hybridized carbons (Fsp3) is 0.375. The van der Waals surface area contributed by atoms with Crippen molar-refractivity contribution in [3.05, 3.63) is 69.5 Å². The number of hydrogen-bond acceptors (Lipinski definition) is 5. The molecule has 1 atom stereocenters. The number of pyridine rings is 1. The van der Waals surface area contributed by atoms with Gasteiger partial charge in [-0.25, -0.2) is 4.79 Å². The van der Waals surface area contributed by atoms with Gasteiger partial charge in [-0.15, -0.1) is 10.2 Å². The van der Waals surface area contributed by atoms with Crippen LogP contribution >= 0.6 is 11.6 Å². The van der Waals surface area contributed by atoms with Gasteiger partial charge in [0.25, 0.3) is 0 Å². The van der Waals surface area contributed by atoms with Gasteiger partial charge in [0.15, 0.2) is 0 Å². The van der Waals surface area contributed by atoms with Crippen molar-refractivity contribution in [2.75, 3.05) is 0 Å². The Labute approximate surface area is 197 Å². The number of tetrazole rings is 1. The molecule has 172 valence electrons. The summed E-state index contributed by atoms with van der Waals surface area (Å²) < 4.78 is 3.56. The minimum atomic E-state index is -0.0452. The number of unbranched alkanes of at least 4 members (excludes halogenated alkanes) is 1.